The molecule has 2 aromatic carbocycles. The van der Waals surface area contributed by atoms with Gasteiger partial charge in [0.05, 0.1) is 21.0 Å². The van der Waals surface area contributed by atoms with Crippen molar-refractivity contribution in [3.05, 3.63) is 71.4 Å². The number of hydrogen-bond donors (Lipinski definition) is 4. The first-order valence-corrected chi connectivity index (χ1v) is 14.0. The predicted molar refractivity (Wildman–Crippen MR) is 146 cm³/mol. The summed E-state index contributed by atoms with van der Waals surface area (Å²) in [6.07, 6.45) is 4.31. The molecule has 0 bridgehead atoms. The monoisotopic (exact) mass is 518 g/mol. The van der Waals surface area contributed by atoms with E-state index in [1.807, 2.05) is 31.3 Å². The Morgan fingerprint density at radius 2 is 1.61 bits per heavy atom. The van der Waals surface area contributed by atoms with E-state index in [-0.39, 0.29) is 0 Å². The average molecular weight is 519 g/mol. The maximum atomic E-state index is 11.1. The number of benzene rings is 2. The number of nitrogens with one attached hydrogen (secondary N) is 1. The zero-order chi connectivity index (χ0) is 25.0. The maximum absolute atomic E-state index is 11.1. The molecule has 186 valence electrons. The summed E-state index contributed by atoms with van der Waals surface area (Å²) in [7, 11) is 0. The van der Waals surface area contributed by atoms with Gasteiger partial charge in [-0.1, -0.05) is 54.6 Å². The van der Waals surface area contributed by atoms with E-state index in [0.29, 0.717) is 25.7 Å². The molecule has 1 aliphatic heterocycles. The Morgan fingerprint density at radius 3 is 2.28 bits per heavy atom. The predicted octanol–water partition coefficient (Wildman–Crippen LogP) is 4.87. The van der Waals surface area contributed by atoms with Gasteiger partial charge in [-0.05, 0) is 56.8 Å². The highest BCUT2D eigenvalue weighted by Crippen LogP contribution is 2.47. The summed E-state index contributed by atoms with van der Waals surface area (Å²) in [6, 6.07) is 18.6. The highest BCUT2D eigenvalue weighted by molar-refractivity contribution is 7.23. The molecule has 2 fully saturated rings. The Labute approximate surface area is 218 Å². The Balaban J connectivity index is 1.36. The molecule has 0 amide bonds. The molecular weight excluding hydrogens is 488 g/mol. The van der Waals surface area contributed by atoms with Crippen molar-refractivity contribution >= 4 is 22.7 Å². The standard InChI is InChI=1S/C28H30N4O2S2/c1-26(33)16-27(29,17-26)20-9-7-18(8-10-20)22-23(19-5-3-2-4-6-19)36-24(32-22)21-15-31-25(35-21)28(34)11-13-30-14-12-28/h2-10,15,30,33-34H,11-14,16-17,29H2,1H3. The van der Waals surface area contributed by atoms with Crippen molar-refractivity contribution in [3.8, 4) is 31.6 Å². The summed E-state index contributed by atoms with van der Waals surface area (Å²) < 4.78 is 0. The SMILES string of the molecule is CC1(O)CC(N)(c2ccc(-c3nc(-c4cnc(C5(O)CCNCC5)s4)sc3-c3ccccc3)cc2)C1. The number of rotatable bonds is 5. The number of aliphatic hydroxyl groups is 2. The van der Waals surface area contributed by atoms with Crippen LogP contribution in [0.5, 0.6) is 0 Å². The van der Waals surface area contributed by atoms with E-state index < -0.39 is 16.7 Å². The Kier molecular flexibility index (Phi) is 5.87. The second-order valence-corrected chi connectivity index (χ2v) is 12.5. The van der Waals surface area contributed by atoms with Crippen LogP contribution in [0.1, 0.15) is 43.2 Å². The lowest BCUT2D eigenvalue weighted by atomic mass is 9.63. The van der Waals surface area contributed by atoms with Gasteiger partial charge >= 0.3 is 0 Å². The highest BCUT2D eigenvalue weighted by atomic mass is 32.1. The van der Waals surface area contributed by atoms with Gasteiger partial charge in [-0.25, -0.2) is 9.97 Å². The molecule has 1 saturated carbocycles. The molecule has 0 spiro atoms. The molecule has 2 aliphatic rings. The van der Waals surface area contributed by atoms with Gasteiger partial charge in [-0.15, -0.1) is 22.7 Å². The van der Waals surface area contributed by atoms with Gasteiger partial charge in [0.2, 0.25) is 0 Å². The van der Waals surface area contributed by atoms with Gasteiger partial charge in [0.25, 0.3) is 0 Å². The normalized spacial score (nSPS) is 25.4. The van der Waals surface area contributed by atoms with E-state index in [4.69, 9.17) is 10.7 Å². The van der Waals surface area contributed by atoms with Crippen molar-refractivity contribution in [3.63, 3.8) is 0 Å². The van der Waals surface area contributed by atoms with Crippen LogP contribution in [0.15, 0.2) is 60.8 Å². The molecule has 0 atom stereocenters. The summed E-state index contributed by atoms with van der Waals surface area (Å²) in [5.41, 5.74) is 8.63. The smallest absolute Gasteiger partial charge is 0.136 e. The summed E-state index contributed by atoms with van der Waals surface area (Å²) in [4.78, 5) is 11.8. The zero-order valence-electron chi connectivity index (χ0n) is 20.2. The maximum Gasteiger partial charge on any atom is 0.136 e. The van der Waals surface area contributed by atoms with Crippen LogP contribution < -0.4 is 11.1 Å². The van der Waals surface area contributed by atoms with Crippen LogP contribution in [-0.2, 0) is 11.1 Å². The van der Waals surface area contributed by atoms with E-state index in [1.54, 1.807) is 11.3 Å². The van der Waals surface area contributed by atoms with Gasteiger partial charge in [0, 0.05) is 17.3 Å². The van der Waals surface area contributed by atoms with Crippen LogP contribution in [0.25, 0.3) is 31.6 Å². The van der Waals surface area contributed by atoms with E-state index in [9.17, 15) is 10.2 Å². The zero-order valence-corrected chi connectivity index (χ0v) is 21.8. The molecule has 4 aromatic rings. The number of thiazole rings is 2. The summed E-state index contributed by atoms with van der Waals surface area (Å²) in [5.74, 6) is 0. The largest absolute Gasteiger partial charge is 0.390 e. The second kappa shape index (κ2) is 8.83. The van der Waals surface area contributed by atoms with Gasteiger partial charge in [-0.2, -0.15) is 0 Å². The molecule has 1 saturated heterocycles. The second-order valence-electron chi connectivity index (χ2n) is 10.5. The van der Waals surface area contributed by atoms with Gasteiger partial charge in [0.15, 0.2) is 0 Å². The lowest BCUT2D eigenvalue weighted by Crippen LogP contribution is -2.58. The first kappa shape index (κ1) is 23.9. The minimum atomic E-state index is -0.864. The summed E-state index contributed by atoms with van der Waals surface area (Å²) in [6.45, 7) is 3.43. The van der Waals surface area contributed by atoms with Crippen molar-refractivity contribution < 1.29 is 10.2 Å². The Morgan fingerprint density at radius 1 is 0.917 bits per heavy atom. The van der Waals surface area contributed by atoms with Crippen molar-refractivity contribution in [2.24, 2.45) is 5.73 Å². The van der Waals surface area contributed by atoms with Gasteiger partial charge in [-0.3, -0.25) is 0 Å². The number of aromatic nitrogens is 2. The fraction of sp³-hybridized carbons (Fsp3) is 0.357. The van der Waals surface area contributed by atoms with Crippen molar-refractivity contribution in [1.82, 2.24) is 15.3 Å². The minimum Gasteiger partial charge on any atom is -0.390 e. The summed E-state index contributed by atoms with van der Waals surface area (Å²) >= 11 is 3.19. The van der Waals surface area contributed by atoms with Crippen LogP contribution in [0, 0.1) is 0 Å². The fourth-order valence-corrected chi connectivity index (χ4v) is 7.71. The third-order valence-electron chi connectivity index (χ3n) is 7.33. The number of nitrogens with zero attached hydrogens (tertiary/aromatic N) is 2. The molecule has 0 radical (unpaired) electrons. The molecule has 0 unspecified atom stereocenters. The van der Waals surface area contributed by atoms with E-state index in [1.165, 1.54) is 11.3 Å². The van der Waals surface area contributed by atoms with E-state index in [0.717, 1.165) is 55.2 Å². The number of nitrogens with two attached hydrogens (primary N) is 1. The highest BCUT2D eigenvalue weighted by Gasteiger charge is 2.49. The minimum absolute atomic E-state index is 0.481. The van der Waals surface area contributed by atoms with Crippen LogP contribution in [0.4, 0.5) is 0 Å². The molecule has 3 heterocycles. The molecule has 6 nitrogen and oxygen atoms in total. The lowest BCUT2D eigenvalue weighted by Gasteiger charge is -2.49. The van der Waals surface area contributed by atoms with Gasteiger partial charge in [0.1, 0.15) is 15.6 Å². The van der Waals surface area contributed by atoms with E-state index in [2.05, 4.69) is 46.7 Å². The van der Waals surface area contributed by atoms with E-state index >= 15 is 0 Å². The fourth-order valence-electron chi connectivity index (χ4n) is 5.52. The quantitative estimate of drug-likeness (QED) is 0.301. The molecule has 5 N–H and O–H groups in total. The molecular formula is C28H30N4O2S2. The molecule has 8 heteroatoms. The Hall–Kier alpha value is -2.46. The van der Waals surface area contributed by atoms with Crippen LogP contribution in [-0.4, -0.2) is 38.9 Å². The third-order valence-corrected chi connectivity index (χ3v) is 9.80. The first-order valence-electron chi connectivity index (χ1n) is 12.3. The van der Waals surface area contributed by atoms with Crippen molar-refractivity contribution in [1.29, 1.82) is 0 Å². The van der Waals surface area contributed by atoms with Crippen LogP contribution in [0.2, 0.25) is 0 Å². The van der Waals surface area contributed by atoms with Crippen LogP contribution >= 0.6 is 22.7 Å². The topological polar surface area (TPSA) is 104 Å². The lowest BCUT2D eigenvalue weighted by molar-refractivity contribution is -0.0738. The first-order chi connectivity index (χ1) is 17.2. The molecule has 6 rings (SSSR count). The van der Waals surface area contributed by atoms with Crippen molar-refractivity contribution in [2.75, 3.05) is 13.1 Å². The van der Waals surface area contributed by atoms with Crippen LogP contribution in [0.3, 0.4) is 0 Å². The Bertz CT molecular complexity index is 1360. The average Bonchev–Trinajstić information content (AvgIpc) is 3.52. The number of piperidine rings is 1. The molecule has 1 aliphatic carbocycles. The number of hydrogen-bond acceptors (Lipinski definition) is 8. The molecule has 36 heavy (non-hydrogen) atoms. The third kappa shape index (κ3) is 4.32. The van der Waals surface area contributed by atoms with Gasteiger partial charge < -0.3 is 21.3 Å². The van der Waals surface area contributed by atoms with Crippen molar-refractivity contribution in [2.45, 2.75) is 49.3 Å². The molecule has 2 aromatic heterocycles. The summed E-state index contributed by atoms with van der Waals surface area (Å²) in [5, 5.41) is 26.3.